The Balaban J connectivity index is 1.96. The highest BCUT2D eigenvalue weighted by molar-refractivity contribution is 7.17. The van der Waals surface area contributed by atoms with E-state index >= 15 is 0 Å². The third-order valence-electron chi connectivity index (χ3n) is 2.63. The third kappa shape index (κ3) is 1.67. The Morgan fingerprint density at radius 1 is 1.64 bits per heavy atom. The number of carbonyl (C=O) groups is 1. The van der Waals surface area contributed by atoms with Crippen molar-refractivity contribution in [2.75, 3.05) is 18.0 Å². The number of anilines is 1. The lowest BCUT2D eigenvalue weighted by atomic mass is 9.95. The van der Waals surface area contributed by atoms with Crippen LogP contribution in [0.15, 0.2) is 12.1 Å². The normalized spacial score (nSPS) is 19.1. The van der Waals surface area contributed by atoms with Gasteiger partial charge in [0.15, 0.2) is 6.29 Å². The van der Waals surface area contributed by atoms with E-state index < -0.39 is 0 Å². The molecule has 4 heteroatoms. The maximum atomic E-state index is 10.5. The van der Waals surface area contributed by atoms with Crippen LogP contribution in [0.25, 0.3) is 0 Å². The molecule has 1 aromatic heterocycles. The molecule has 1 saturated heterocycles. The second kappa shape index (κ2) is 3.71. The van der Waals surface area contributed by atoms with Crippen LogP contribution < -0.4 is 4.90 Å². The van der Waals surface area contributed by atoms with Crippen molar-refractivity contribution in [3.63, 3.8) is 0 Å². The number of hydrogen-bond acceptors (Lipinski definition) is 4. The number of nitrogens with zero attached hydrogens (tertiary/aromatic N) is 1. The lowest BCUT2D eigenvalue weighted by Crippen LogP contribution is -2.50. The van der Waals surface area contributed by atoms with Crippen LogP contribution in [0.2, 0.25) is 0 Å². The molecule has 1 atom stereocenters. The molecule has 1 aromatic rings. The summed E-state index contributed by atoms with van der Waals surface area (Å²) in [5.74, 6) is 0.386. The fourth-order valence-electron chi connectivity index (χ4n) is 1.57. The maximum Gasteiger partial charge on any atom is 0.160 e. The number of thiophene rings is 1. The quantitative estimate of drug-likeness (QED) is 0.768. The summed E-state index contributed by atoms with van der Waals surface area (Å²) >= 11 is 1.51. The highest BCUT2D eigenvalue weighted by atomic mass is 32.1. The average molecular weight is 211 g/mol. The van der Waals surface area contributed by atoms with Gasteiger partial charge in [-0.25, -0.2) is 0 Å². The Kier molecular flexibility index (Phi) is 2.56. The minimum Gasteiger partial charge on any atom is -0.393 e. The first-order valence-corrected chi connectivity index (χ1v) is 5.50. The number of aliphatic hydroxyl groups is 1. The highest BCUT2D eigenvalue weighted by Gasteiger charge is 2.30. The predicted molar refractivity (Wildman–Crippen MR) is 57.1 cm³/mol. The molecule has 0 spiro atoms. The summed E-state index contributed by atoms with van der Waals surface area (Å²) in [5.41, 5.74) is 0. The Hall–Kier alpha value is -0.870. The number of carbonyl (C=O) groups excluding carboxylic acids is 1. The Morgan fingerprint density at radius 3 is 2.86 bits per heavy atom. The third-order valence-corrected chi connectivity index (χ3v) is 3.70. The van der Waals surface area contributed by atoms with E-state index in [1.807, 2.05) is 19.1 Å². The Morgan fingerprint density at radius 2 is 2.36 bits per heavy atom. The van der Waals surface area contributed by atoms with E-state index in [1.54, 1.807) is 0 Å². The van der Waals surface area contributed by atoms with E-state index in [1.165, 1.54) is 11.3 Å². The zero-order valence-electron chi connectivity index (χ0n) is 8.01. The van der Waals surface area contributed by atoms with Crippen LogP contribution in [0.4, 0.5) is 5.00 Å². The molecule has 1 N–H and O–H groups in total. The molecule has 1 aliphatic heterocycles. The van der Waals surface area contributed by atoms with Crippen LogP contribution in [-0.4, -0.2) is 30.6 Å². The van der Waals surface area contributed by atoms with Crippen molar-refractivity contribution in [1.82, 2.24) is 0 Å². The molecular formula is C10H13NO2S. The van der Waals surface area contributed by atoms with Crippen molar-refractivity contribution >= 4 is 22.6 Å². The molecule has 3 nitrogen and oxygen atoms in total. The van der Waals surface area contributed by atoms with Crippen molar-refractivity contribution in [1.29, 1.82) is 0 Å². The summed E-state index contributed by atoms with van der Waals surface area (Å²) in [5, 5.41) is 10.4. The van der Waals surface area contributed by atoms with E-state index in [2.05, 4.69) is 4.90 Å². The van der Waals surface area contributed by atoms with Crippen molar-refractivity contribution in [2.45, 2.75) is 13.0 Å². The fraction of sp³-hybridized carbons (Fsp3) is 0.500. The maximum absolute atomic E-state index is 10.5. The molecule has 2 heterocycles. The predicted octanol–water partition coefficient (Wildman–Crippen LogP) is 1.38. The van der Waals surface area contributed by atoms with Crippen molar-refractivity contribution in [3.8, 4) is 0 Å². The summed E-state index contributed by atoms with van der Waals surface area (Å²) in [4.78, 5) is 13.4. The second-order valence-electron chi connectivity index (χ2n) is 3.70. The molecule has 2 rings (SSSR count). The monoisotopic (exact) mass is 211 g/mol. The zero-order valence-corrected chi connectivity index (χ0v) is 8.83. The van der Waals surface area contributed by atoms with Gasteiger partial charge in [0.25, 0.3) is 0 Å². The van der Waals surface area contributed by atoms with Crippen molar-refractivity contribution in [2.24, 2.45) is 5.92 Å². The molecule has 14 heavy (non-hydrogen) atoms. The van der Waals surface area contributed by atoms with Crippen LogP contribution in [0.1, 0.15) is 16.6 Å². The van der Waals surface area contributed by atoms with Gasteiger partial charge < -0.3 is 10.0 Å². The molecule has 0 aromatic carbocycles. The molecule has 76 valence electrons. The van der Waals surface area contributed by atoms with Crippen LogP contribution in [0.3, 0.4) is 0 Å². The van der Waals surface area contributed by atoms with Gasteiger partial charge in [-0.05, 0) is 19.1 Å². The first-order valence-electron chi connectivity index (χ1n) is 4.68. The van der Waals surface area contributed by atoms with Crippen molar-refractivity contribution in [3.05, 3.63) is 17.0 Å². The highest BCUT2D eigenvalue weighted by Crippen LogP contribution is 2.31. The SMILES string of the molecule is C[C@@H](O)C1CN(c2ccc(C=O)s2)C1. The number of aldehydes is 1. The number of rotatable bonds is 3. The molecule has 1 fully saturated rings. The standard InChI is InChI=1S/C10H13NO2S/c1-7(13)8-4-11(5-8)10-3-2-9(6-12)14-10/h2-3,6-8,13H,4-5H2,1H3/t7-/m1/s1. The van der Waals surface area contributed by atoms with Gasteiger partial charge >= 0.3 is 0 Å². The van der Waals surface area contributed by atoms with Gasteiger partial charge in [0.05, 0.1) is 16.0 Å². The number of aliphatic hydroxyl groups excluding tert-OH is 1. The van der Waals surface area contributed by atoms with Gasteiger partial charge in [-0.1, -0.05) is 0 Å². The summed E-state index contributed by atoms with van der Waals surface area (Å²) < 4.78 is 0. The van der Waals surface area contributed by atoms with E-state index in [9.17, 15) is 9.90 Å². The molecule has 0 radical (unpaired) electrons. The molecule has 0 unspecified atom stereocenters. The Labute approximate surface area is 87.0 Å². The van der Waals surface area contributed by atoms with Crippen molar-refractivity contribution < 1.29 is 9.90 Å². The van der Waals surface area contributed by atoms with Gasteiger partial charge in [0.1, 0.15) is 0 Å². The molecule has 1 aliphatic rings. The fourth-order valence-corrected chi connectivity index (χ4v) is 2.41. The smallest absolute Gasteiger partial charge is 0.160 e. The summed E-state index contributed by atoms with van der Waals surface area (Å²) in [7, 11) is 0. The van der Waals surface area contributed by atoms with Crippen LogP contribution >= 0.6 is 11.3 Å². The van der Waals surface area contributed by atoms with Gasteiger partial charge in [-0.2, -0.15) is 0 Å². The lowest BCUT2D eigenvalue weighted by Gasteiger charge is -2.41. The van der Waals surface area contributed by atoms with Crippen LogP contribution in [0.5, 0.6) is 0 Å². The second-order valence-corrected chi connectivity index (χ2v) is 4.79. The van der Waals surface area contributed by atoms with E-state index in [0.717, 1.165) is 29.3 Å². The van der Waals surface area contributed by atoms with E-state index in [-0.39, 0.29) is 6.10 Å². The van der Waals surface area contributed by atoms with E-state index in [4.69, 9.17) is 0 Å². The average Bonchev–Trinajstić information content (AvgIpc) is 2.49. The first kappa shape index (κ1) is 9.68. The van der Waals surface area contributed by atoms with Crippen LogP contribution in [0, 0.1) is 5.92 Å². The molecular weight excluding hydrogens is 198 g/mol. The summed E-state index contributed by atoms with van der Waals surface area (Å²) in [6, 6.07) is 3.80. The Bertz CT molecular complexity index is 329. The van der Waals surface area contributed by atoms with Gasteiger partial charge in [-0.3, -0.25) is 4.79 Å². The minimum atomic E-state index is -0.225. The van der Waals surface area contributed by atoms with Gasteiger partial charge in [0.2, 0.25) is 0 Å². The first-order chi connectivity index (χ1) is 6.70. The van der Waals surface area contributed by atoms with Gasteiger partial charge in [-0.15, -0.1) is 11.3 Å². The largest absolute Gasteiger partial charge is 0.393 e. The summed E-state index contributed by atoms with van der Waals surface area (Å²) in [6.07, 6.45) is 0.650. The van der Waals surface area contributed by atoms with Crippen LogP contribution in [-0.2, 0) is 0 Å². The topological polar surface area (TPSA) is 40.5 Å². The minimum absolute atomic E-state index is 0.225. The van der Waals surface area contributed by atoms with Gasteiger partial charge in [0, 0.05) is 19.0 Å². The number of hydrogen-bond donors (Lipinski definition) is 1. The lowest BCUT2D eigenvalue weighted by molar-refractivity contribution is 0.108. The van der Waals surface area contributed by atoms with E-state index in [0.29, 0.717) is 5.92 Å². The summed E-state index contributed by atoms with van der Waals surface area (Å²) in [6.45, 7) is 3.63. The molecule has 0 saturated carbocycles. The molecule has 0 bridgehead atoms. The molecule has 0 amide bonds. The molecule has 0 aliphatic carbocycles. The zero-order chi connectivity index (χ0) is 10.1.